The molecule has 5 heteroatoms. The highest BCUT2D eigenvalue weighted by Crippen LogP contribution is 2.20. The number of aliphatic carboxylic acids is 1. The summed E-state index contributed by atoms with van der Waals surface area (Å²) in [7, 11) is 0. The number of amides is 1. The predicted octanol–water partition coefficient (Wildman–Crippen LogP) is 1.52. The van der Waals surface area contributed by atoms with Crippen molar-refractivity contribution >= 4 is 11.9 Å². The van der Waals surface area contributed by atoms with Crippen LogP contribution in [-0.2, 0) is 9.59 Å². The molecular weight excluding hydrogens is 225 g/mol. The number of halogens is 1. The fraction of sp³-hybridized carbons (Fsp3) is 0.333. The number of hydrogen-bond acceptors (Lipinski definition) is 2. The monoisotopic (exact) mass is 239 g/mol. The van der Waals surface area contributed by atoms with Crippen LogP contribution in [0, 0.1) is 5.82 Å². The van der Waals surface area contributed by atoms with Crippen LogP contribution in [0.2, 0.25) is 0 Å². The van der Waals surface area contributed by atoms with E-state index >= 15 is 0 Å². The van der Waals surface area contributed by atoms with E-state index in [2.05, 4.69) is 5.32 Å². The quantitative estimate of drug-likeness (QED) is 0.837. The molecular formula is C12H14FNO3. The van der Waals surface area contributed by atoms with Crippen LogP contribution in [0.1, 0.15) is 25.3 Å². The second kappa shape index (κ2) is 5.43. The lowest BCUT2D eigenvalue weighted by Gasteiger charge is -2.21. The van der Waals surface area contributed by atoms with Crippen LogP contribution in [0.25, 0.3) is 0 Å². The third-order valence-electron chi connectivity index (χ3n) is 2.50. The Morgan fingerprint density at radius 3 is 2.53 bits per heavy atom. The van der Waals surface area contributed by atoms with Crippen LogP contribution in [0.5, 0.6) is 0 Å². The summed E-state index contributed by atoms with van der Waals surface area (Å²) in [6, 6.07) is 4.63. The molecule has 1 amide bonds. The zero-order valence-electron chi connectivity index (χ0n) is 9.61. The van der Waals surface area contributed by atoms with Crippen LogP contribution >= 0.6 is 0 Å². The molecule has 4 nitrogen and oxygen atoms in total. The Kier molecular flexibility index (Phi) is 4.20. The van der Waals surface area contributed by atoms with E-state index in [0.717, 1.165) is 0 Å². The number of hydrogen-bond donors (Lipinski definition) is 2. The average Bonchev–Trinajstić information content (AvgIpc) is 2.24. The van der Waals surface area contributed by atoms with Gasteiger partial charge in [0.1, 0.15) is 11.9 Å². The molecule has 0 bridgehead atoms. The molecule has 0 heterocycles. The molecule has 0 saturated heterocycles. The van der Waals surface area contributed by atoms with Crippen molar-refractivity contribution in [3.63, 3.8) is 0 Å². The van der Waals surface area contributed by atoms with Gasteiger partial charge < -0.3 is 10.4 Å². The molecule has 0 radical (unpaired) electrons. The first-order valence-electron chi connectivity index (χ1n) is 5.17. The van der Waals surface area contributed by atoms with Gasteiger partial charge in [-0.3, -0.25) is 4.79 Å². The van der Waals surface area contributed by atoms with Crippen molar-refractivity contribution in [1.29, 1.82) is 0 Å². The molecule has 0 spiro atoms. The zero-order chi connectivity index (χ0) is 13.0. The summed E-state index contributed by atoms with van der Waals surface area (Å²) in [6.07, 6.45) is 0. The van der Waals surface area contributed by atoms with Crippen molar-refractivity contribution in [2.75, 3.05) is 0 Å². The van der Waals surface area contributed by atoms with Crippen molar-refractivity contribution in [2.45, 2.75) is 25.8 Å². The number of carboxylic acid groups (broad SMARTS) is 1. The van der Waals surface area contributed by atoms with Gasteiger partial charge in [-0.25, -0.2) is 9.18 Å². The first-order valence-corrected chi connectivity index (χ1v) is 5.17. The maximum atomic E-state index is 13.0. The number of carbonyl (C=O) groups excluding carboxylic acids is 1. The molecule has 1 aromatic rings. The molecule has 2 N–H and O–H groups in total. The third-order valence-corrected chi connectivity index (χ3v) is 2.50. The van der Waals surface area contributed by atoms with E-state index in [-0.39, 0.29) is 0 Å². The summed E-state index contributed by atoms with van der Waals surface area (Å²) >= 11 is 0. The summed E-state index contributed by atoms with van der Waals surface area (Å²) in [5.41, 5.74) is 0.533. The van der Waals surface area contributed by atoms with Crippen molar-refractivity contribution in [3.8, 4) is 0 Å². The lowest BCUT2D eigenvalue weighted by molar-refractivity contribution is -0.142. The topological polar surface area (TPSA) is 66.4 Å². The predicted molar refractivity (Wildman–Crippen MR) is 60.1 cm³/mol. The maximum absolute atomic E-state index is 13.0. The number of nitrogens with one attached hydrogen (secondary N) is 1. The summed E-state index contributed by atoms with van der Waals surface area (Å²) in [4.78, 5) is 21.9. The van der Waals surface area contributed by atoms with Crippen molar-refractivity contribution in [1.82, 2.24) is 5.32 Å². The van der Waals surface area contributed by atoms with Gasteiger partial charge >= 0.3 is 5.97 Å². The van der Waals surface area contributed by atoms with Gasteiger partial charge in [-0.15, -0.1) is 0 Å². The average molecular weight is 239 g/mol. The SMILES string of the molecule is CC(=O)NC(C(=O)O)C(C)c1cccc(F)c1. The Morgan fingerprint density at radius 1 is 1.41 bits per heavy atom. The van der Waals surface area contributed by atoms with Crippen LogP contribution in [0.3, 0.4) is 0 Å². The second-order valence-electron chi connectivity index (χ2n) is 3.86. The molecule has 2 atom stereocenters. The van der Waals surface area contributed by atoms with Crippen molar-refractivity contribution in [3.05, 3.63) is 35.6 Å². The Balaban J connectivity index is 2.95. The van der Waals surface area contributed by atoms with E-state index < -0.39 is 29.7 Å². The minimum absolute atomic E-state index is 0.429. The van der Waals surface area contributed by atoms with E-state index in [1.807, 2.05) is 0 Å². The van der Waals surface area contributed by atoms with Crippen molar-refractivity contribution < 1.29 is 19.1 Å². The van der Waals surface area contributed by atoms with Gasteiger partial charge in [0.2, 0.25) is 5.91 Å². The standard InChI is InChI=1S/C12H14FNO3/c1-7(9-4-3-5-10(13)6-9)11(12(16)17)14-8(2)15/h3-7,11H,1-2H3,(H,14,15)(H,16,17). The Bertz CT molecular complexity index is 434. The highest BCUT2D eigenvalue weighted by Gasteiger charge is 2.26. The second-order valence-corrected chi connectivity index (χ2v) is 3.86. The molecule has 1 aromatic carbocycles. The van der Waals surface area contributed by atoms with Gasteiger partial charge in [0, 0.05) is 12.8 Å². The first-order chi connectivity index (χ1) is 7.91. The molecule has 17 heavy (non-hydrogen) atoms. The summed E-state index contributed by atoms with van der Waals surface area (Å²) in [5.74, 6) is -2.51. The highest BCUT2D eigenvalue weighted by atomic mass is 19.1. The molecule has 2 unspecified atom stereocenters. The van der Waals surface area contributed by atoms with E-state index in [0.29, 0.717) is 5.56 Å². The lowest BCUT2D eigenvalue weighted by Crippen LogP contribution is -2.43. The Morgan fingerprint density at radius 2 is 2.06 bits per heavy atom. The van der Waals surface area contributed by atoms with E-state index in [1.165, 1.54) is 25.1 Å². The van der Waals surface area contributed by atoms with Gasteiger partial charge in [-0.05, 0) is 17.7 Å². The minimum Gasteiger partial charge on any atom is -0.480 e. The fourth-order valence-corrected chi connectivity index (χ4v) is 1.60. The van der Waals surface area contributed by atoms with Crippen LogP contribution in [-0.4, -0.2) is 23.0 Å². The van der Waals surface area contributed by atoms with Gasteiger partial charge in [0.05, 0.1) is 0 Å². The summed E-state index contributed by atoms with van der Waals surface area (Å²) in [6.45, 7) is 2.87. The van der Waals surface area contributed by atoms with Crippen LogP contribution in [0.4, 0.5) is 4.39 Å². The summed E-state index contributed by atoms with van der Waals surface area (Å²) in [5, 5.41) is 11.4. The van der Waals surface area contributed by atoms with E-state index in [4.69, 9.17) is 5.11 Å². The van der Waals surface area contributed by atoms with E-state index in [9.17, 15) is 14.0 Å². The molecule has 0 aliphatic heterocycles. The summed E-state index contributed by atoms with van der Waals surface area (Å²) < 4.78 is 13.0. The smallest absolute Gasteiger partial charge is 0.326 e. The Labute approximate surface area is 98.5 Å². The van der Waals surface area contributed by atoms with Gasteiger partial charge in [0.15, 0.2) is 0 Å². The number of carbonyl (C=O) groups is 2. The largest absolute Gasteiger partial charge is 0.480 e. The molecule has 1 rings (SSSR count). The third kappa shape index (κ3) is 3.55. The van der Waals surface area contributed by atoms with E-state index in [1.54, 1.807) is 13.0 Å². The number of carboxylic acids is 1. The molecule has 0 fully saturated rings. The highest BCUT2D eigenvalue weighted by molar-refractivity contribution is 5.83. The van der Waals surface area contributed by atoms with Gasteiger partial charge in [0.25, 0.3) is 0 Å². The fourth-order valence-electron chi connectivity index (χ4n) is 1.60. The van der Waals surface area contributed by atoms with Gasteiger partial charge in [-0.1, -0.05) is 19.1 Å². The minimum atomic E-state index is -1.14. The number of rotatable bonds is 4. The van der Waals surface area contributed by atoms with Crippen LogP contribution < -0.4 is 5.32 Å². The zero-order valence-corrected chi connectivity index (χ0v) is 9.61. The molecule has 0 aromatic heterocycles. The first kappa shape index (κ1) is 13.2. The molecule has 0 aliphatic rings. The lowest BCUT2D eigenvalue weighted by atomic mass is 9.93. The molecule has 0 saturated carbocycles. The normalized spacial score (nSPS) is 13.8. The Hall–Kier alpha value is -1.91. The molecule has 0 aliphatic carbocycles. The van der Waals surface area contributed by atoms with Gasteiger partial charge in [-0.2, -0.15) is 0 Å². The van der Waals surface area contributed by atoms with Crippen LogP contribution in [0.15, 0.2) is 24.3 Å². The maximum Gasteiger partial charge on any atom is 0.326 e. The number of benzene rings is 1. The molecule has 92 valence electrons. The van der Waals surface area contributed by atoms with Crippen molar-refractivity contribution in [2.24, 2.45) is 0 Å².